The smallest absolute Gasteiger partial charge is 0.337 e. The molecule has 0 bridgehead atoms. The summed E-state index contributed by atoms with van der Waals surface area (Å²) in [6.45, 7) is 0.454. The summed E-state index contributed by atoms with van der Waals surface area (Å²) in [6, 6.07) is 8.79. The van der Waals surface area contributed by atoms with Gasteiger partial charge in [-0.25, -0.2) is 9.78 Å². The monoisotopic (exact) mass is 277 g/mol. The number of nitrogens with one attached hydrogen (secondary N) is 1. The summed E-state index contributed by atoms with van der Waals surface area (Å²) >= 11 is 6.02. The molecule has 1 heterocycles. The largest absolute Gasteiger partial charge is 0.478 e. The molecule has 0 amide bonds. The van der Waals surface area contributed by atoms with Crippen molar-refractivity contribution < 1.29 is 9.90 Å². The number of carboxylic acid groups (broad SMARTS) is 1. The van der Waals surface area contributed by atoms with Crippen molar-refractivity contribution in [2.24, 2.45) is 0 Å². The standard InChI is InChI=1S/C13H12ClN3O2/c14-10-4-2-1-3-8(10)6-16-12-5-9(13(18)19)11(15)7-17-12/h1-5,7H,6,15H2,(H,16,17)(H,18,19). The third-order valence-electron chi connectivity index (χ3n) is 2.58. The van der Waals surface area contributed by atoms with E-state index < -0.39 is 5.97 Å². The molecule has 2 rings (SSSR count). The average Bonchev–Trinajstić information content (AvgIpc) is 2.39. The Labute approximate surface area is 115 Å². The molecule has 0 saturated heterocycles. The molecule has 2 aromatic rings. The average molecular weight is 278 g/mol. The van der Waals surface area contributed by atoms with Crippen LogP contribution >= 0.6 is 11.6 Å². The molecule has 0 unspecified atom stereocenters. The lowest BCUT2D eigenvalue weighted by Crippen LogP contribution is -2.07. The highest BCUT2D eigenvalue weighted by molar-refractivity contribution is 6.31. The van der Waals surface area contributed by atoms with Crippen molar-refractivity contribution in [3.05, 3.63) is 52.7 Å². The molecule has 0 radical (unpaired) electrons. The highest BCUT2D eigenvalue weighted by Gasteiger charge is 2.09. The fourth-order valence-electron chi connectivity index (χ4n) is 1.58. The summed E-state index contributed by atoms with van der Waals surface area (Å²) in [5, 5.41) is 12.6. The molecule has 5 nitrogen and oxygen atoms in total. The van der Waals surface area contributed by atoms with Crippen LogP contribution in [0.2, 0.25) is 5.02 Å². The van der Waals surface area contributed by atoms with Gasteiger partial charge in [-0.05, 0) is 17.7 Å². The summed E-state index contributed by atoms with van der Waals surface area (Å²) in [5.74, 6) is -0.646. The second-order valence-corrected chi connectivity index (χ2v) is 4.31. The van der Waals surface area contributed by atoms with E-state index in [2.05, 4.69) is 10.3 Å². The molecule has 1 aromatic carbocycles. The summed E-state index contributed by atoms with van der Waals surface area (Å²) in [7, 11) is 0. The van der Waals surface area contributed by atoms with Crippen LogP contribution in [0.5, 0.6) is 0 Å². The SMILES string of the molecule is Nc1cnc(NCc2ccccc2Cl)cc1C(=O)O. The van der Waals surface area contributed by atoms with E-state index in [9.17, 15) is 4.79 Å². The van der Waals surface area contributed by atoms with Crippen molar-refractivity contribution in [2.45, 2.75) is 6.54 Å². The molecule has 0 aliphatic rings. The predicted molar refractivity (Wildman–Crippen MR) is 74.4 cm³/mol. The maximum absolute atomic E-state index is 10.9. The summed E-state index contributed by atoms with van der Waals surface area (Å²) in [6.07, 6.45) is 1.32. The molecular formula is C13H12ClN3O2. The third-order valence-corrected chi connectivity index (χ3v) is 2.95. The van der Waals surface area contributed by atoms with Gasteiger partial charge in [0.05, 0.1) is 17.4 Å². The summed E-state index contributed by atoms with van der Waals surface area (Å²) in [5.41, 5.74) is 6.59. The van der Waals surface area contributed by atoms with E-state index in [1.165, 1.54) is 12.3 Å². The number of nitrogens with zero attached hydrogens (tertiary/aromatic N) is 1. The minimum atomic E-state index is -1.08. The minimum absolute atomic E-state index is 0.0247. The first-order chi connectivity index (χ1) is 9.08. The Hall–Kier alpha value is -2.27. The van der Waals surface area contributed by atoms with E-state index in [1.54, 1.807) is 6.07 Å². The second kappa shape index (κ2) is 5.58. The topological polar surface area (TPSA) is 88.2 Å². The maximum atomic E-state index is 10.9. The number of benzene rings is 1. The van der Waals surface area contributed by atoms with Gasteiger partial charge < -0.3 is 16.2 Å². The van der Waals surface area contributed by atoms with Crippen molar-refractivity contribution in [3.63, 3.8) is 0 Å². The molecule has 0 fully saturated rings. The van der Waals surface area contributed by atoms with Gasteiger partial charge in [-0.2, -0.15) is 0 Å². The number of hydrogen-bond donors (Lipinski definition) is 3. The number of carboxylic acids is 1. The fourth-order valence-corrected chi connectivity index (χ4v) is 1.78. The maximum Gasteiger partial charge on any atom is 0.337 e. The highest BCUT2D eigenvalue weighted by atomic mass is 35.5. The number of nitrogen functional groups attached to an aromatic ring is 1. The minimum Gasteiger partial charge on any atom is -0.478 e. The number of nitrogens with two attached hydrogens (primary N) is 1. The lowest BCUT2D eigenvalue weighted by atomic mass is 10.2. The highest BCUT2D eigenvalue weighted by Crippen LogP contribution is 2.18. The van der Waals surface area contributed by atoms with E-state index in [0.717, 1.165) is 5.56 Å². The quantitative estimate of drug-likeness (QED) is 0.799. The van der Waals surface area contributed by atoms with Crippen LogP contribution in [0.4, 0.5) is 11.5 Å². The number of pyridine rings is 1. The van der Waals surface area contributed by atoms with Crippen LogP contribution in [0.1, 0.15) is 15.9 Å². The van der Waals surface area contributed by atoms with Crippen LogP contribution < -0.4 is 11.1 Å². The molecule has 0 atom stereocenters. The normalized spacial score (nSPS) is 10.2. The molecule has 19 heavy (non-hydrogen) atoms. The Morgan fingerprint density at radius 1 is 1.42 bits per heavy atom. The van der Waals surface area contributed by atoms with Gasteiger partial charge in [0.2, 0.25) is 0 Å². The summed E-state index contributed by atoms with van der Waals surface area (Å²) in [4.78, 5) is 15.0. The van der Waals surface area contributed by atoms with Gasteiger partial charge in [-0.1, -0.05) is 29.8 Å². The van der Waals surface area contributed by atoms with Crippen molar-refractivity contribution in [1.82, 2.24) is 4.98 Å². The molecule has 0 aliphatic carbocycles. The Balaban J connectivity index is 2.14. The Morgan fingerprint density at radius 2 is 2.16 bits per heavy atom. The van der Waals surface area contributed by atoms with Crippen LogP contribution in [-0.4, -0.2) is 16.1 Å². The van der Waals surface area contributed by atoms with Gasteiger partial charge in [-0.3, -0.25) is 0 Å². The van der Waals surface area contributed by atoms with Gasteiger partial charge in [0, 0.05) is 11.6 Å². The van der Waals surface area contributed by atoms with Crippen molar-refractivity contribution in [1.29, 1.82) is 0 Å². The molecule has 0 aliphatic heterocycles. The molecule has 0 spiro atoms. The number of aromatic carboxylic acids is 1. The Morgan fingerprint density at radius 3 is 2.84 bits per heavy atom. The van der Waals surface area contributed by atoms with Crippen LogP contribution in [0, 0.1) is 0 Å². The number of aromatic nitrogens is 1. The van der Waals surface area contributed by atoms with Crippen LogP contribution in [0.3, 0.4) is 0 Å². The Kier molecular flexibility index (Phi) is 3.87. The molecule has 6 heteroatoms. The molecule has 1 aromatic heterocycles. The molecular weight excluding hydrogens is 266 g/mol. The second-order valence-electron chi connectivity index (χ2n) is 3.91. The zero-order valence-corrected chi connectivity index (χ0v) is 10.7. The van der Waals surface area contributed by atoms with Gasteiger partial charge in [0.15, 0.2) is 0 Å². The summed E-state index contributed by atoms with van der Waals surface area (Å²) < 4.78 is 0. The number of carbonyl (C=O) groups is 1. The lowest BCUT2D eigenvalue weighted by molar-refractivity contribution is 0.0698. The first-order valence-electron chi connectivity index (χ1n) is 5.54. The van der Waals surface area contributed by atoms with Gasteiger partial charge in [0.25, 0.3) is 0 Å². The van der Waals surface area contributed by atoms with Crippen molar-refractivity contribution in [2.75, 3.05) is 11.1 Å². The first-order valence-corrected chi connectivity index (χ1v) is 5.92. The Bertz CT molecular complexity index is 617. The molecule has 0 saturated carbocycles. The van der Waals surface area contributed by atoms with Crippen LogP contribution in [-0.2, 0) is 6.54 Å². The van der Waals surface area contributed by atoms with Gasteiger partial charge >= 0.3 is 5.97 Å². The van der Waals surface area contributed by atoms with E-state index in [4.69, 9.17) is 22.4 Å². The number of halogens is 1. The number of hydrogen-bond acceptors (Lipinski definition) is 4. The fraction of sp³-hybridized carbons (Fsp3) is 0.0769. The van der Waals surface area contributed by atoms with Crippen molar-refractivity contribution >= 4 is 29.1 Å². The zero-order valence-electron chi connectivity index (χ0n) is 9.93. The van der Waals surface area contributed by atoms with E-state index in [0.29, 0.717) is 17.4 Å². The predicted octanol–water partition coefficient (Wildman–Crippen LogP) is 2.63. The number of anilines is 2. The van der Waals surface area contributed by atoms with E-state index in [-0.39, 0.29) is 11.3 Å². The first kappa shape index (κ1) is 13.2. The zero-order chi connectivity index (χ0) is 13.8. The molecule has 98 valence electrons. The van der Waals surface area contributed by atoms with Crippen molar-refractivity contribution in [3.8, 4) is 0 Å². The molecule has 4 N–H and O–H groups in total. The van der Waals surface area contributed by atoms with Crippen LogP contribution in [0.15, 0.2) is 36.5 Å². The number of rotatable bonds is 4. The van der Waals surface area contributed by atoms with E-state index >= 15 is 0 Å². The van der Waals surface area contributed by atoms with Gasteiger partial charge in [-0.15, -0.1) is 0 Å². The third kappa shape index (κ3) is 3.14. The lowest BCUT2D eigenvalue weighted by Gasteiger charge is -2.08. The van der Waals surface area contributed by atoms with E-state index in [1.807, 2.05) is 18.2 Å². The van der Waals surface area contributed by atoms with Gasteiger partial charge in [0.1, 0.15) is 5.82 Å². The van der Waals surface area contributed by atoms with Crippen LogP contribution in [0.25, 0.3) is 0 Å².